The summed E-state index contributed by atoms with van der Waals surface area (Å²) in [5.74, 6) is 2.31. The summed E-state index contributed by atoms with van der Waals surface area (Å²) in [5.41, 5.74) is 2.79. The summed E-state index contributed by atoms with van der Waals surface area (Å²) in [6.07, 6.45) is 0. The summed E-state index contributed by atoms with van der Waals surface area (Å²) < 4.78 is 18.9. The second-order valence-corrected chi connectivity index (χ2v) is 9.55. The zero-order valence-electron chi connectivity index (χ0n) is 21.7. The molecule has 0 spiro atoms. The van der Waals surface area contributed by atoms with Crippen LogP contribution in [0.2, 0.25) is 0 Å². The lowest BCUT2D eigenvalue weighted by atomic mass is 10.1. The van der Waals surface area contributed by atoms with Crippen LogP contribution in [0.1, 0.15) is 34.7 Å². The molecular weight excluding hydrogens is 518 g/mol. The number of nitriles is 1. The first-order valence-electron chi connectivity index (χ1n) is 12.2. The largest absolute Gasteiger partial charge is 0.497 e. The van der Waals surface area contributed by atoms with Crippen molar-refractivity contribution in [3.05, 3.63) is 99.4 Å². The highest BCUT2D eigenvalue weighted by Gasteiger charge is 2.25. The number of benzene rings is 3. The minimum absolute atomic E-state index is 0.181. The Labute approximate surface area is 230 Å². The van der Waals surface area contributed by atoms with E-state index in [1.807, 2.05) is 54.8 Å². The van der Waals surface area contributed by atoms with Crippen LogP contribution in [0.15, 0.2) is 71.9 Å². The van der Waals surface area contributed by atoms with Crippen LogP contribution in [0.4, 0.5) is 0 Å². The lowest BCUT2D eigenvalue weighted by molar-refractivity contribution is -0.479. The Hall–Kier alpha value is -4.56. The summed E-state index contributed by atoms with van der Waals surface area (Å²) in [4.78, 5) is 11.3. The van der Waals surface area contributed by atoms with E-state index in [-0.39, 0.29) is 18.1 Å². The molecule has 0 amide bonds. The van der Waals surface area contributed by atoms with Crippen LogP contribution >= 0.6 is 11.8 Å². The van der Waals surface area contributed by atoms with Crippen molar-refractivity contribution in [3.63, 3.8) is 0 Å². The third kappa shape index (κ3) is 6.66. The van der Waals surface area contributed by atoms with E-state index in [1.54, 1.807) is 37.4 Å². The van der Waals surface area contributed by atoms with Crippen molar-refractivity contribution in [2.75, 3.05) is 20.3 Å². The lowest BCUT2D eigenvalue weighted by Gasteiger charge is -2.18. The van der Waals surface area contributed by atoms with Gasteiger partial charge < -0.3 is 14.2 Å². The highest BCUT2D eigenvalue weighted by molar-refractivity contribution is 7.99. The predicted octanol–water partition coefficient (Wildman–Crippen LogP) is 5.54. The van der Waals surface area contributed by atoms with E-state index in [9.17, 15) is 15.4 Å². The summed E-state index contributed by atoms with van der Waals surface area (Å²) in [5, 5.41) is 29.5. The molecule has 0 radical (unpaired) electrons. The van der Waals surface area contributed by atoms with Crippen molar-refractivity contribution >= 4 is 11.8 Å². The van der Waals surface area contributed by atoms with Gasteiger partial charge in [0.2, 0.25) is 6.54 Å². The Kier molecular flexibility index (Phi) is 9.01. The van der Waals surface area contributed by atoms with Crippen LogP contribution in [-0.4, -0.2) is 39.9 Å². The number of nitrogens with zero attached hydrogens (tertiary/aromatic N) is 5. The van der Waals surface area contributed by atoms with Crippen molar-refractivity contribution in [3.8, 4) is 29.0 Å². The van der Waals surface area contributed by atoms with Gasteiger partial charge in [-0.2, -0.15) is 5.26 Å². The highest BCUT2D eigenvalue weighted by atomic mass is 32.2. The number of hydrogen-bond acceptors (Lipinski definition) is 9. The Morgan fingerprint density at radius 3 is 2.54 bits per heavy atom. The molecule has 0 fully saturated rings. The molecule has 0 aliphatic heterocycles. The maximum atomic E-state index is 11.7. The fourth-order valence-corrected chi connectivity index (χ4v) is 5.11. The second-order valence-electron chi connectivity index (χ2n) is 8.38. The predicted molar refractivity (Wildman–Crippen MR) is 146 cm³/mol. The topological polar surface area (TPSA) is 125 Å². The van der Waals surface area contributed by atoms with E-state index in [0.717, 1.165) is 11.3 Å². The Morgan fingerprint density at radius 1 is 1.08 bits per heavy atom. The first-order valence-corrected chi connectivity index (χ1v) is 13.0. The van der Waals surface area contributed by atoms with Gasteiger partial charge in [-0.1, -0.05) is 36.0 Å². The zero-order chi connectivity index (χ0) is 27.8. The van der Waals surface area contributed by atoms with E-state index in [0.29, 0.717) is 46.0 Å². The Morgan fingerprint density at radius 2 is 1.85 bits per heavy atom. The smallest absolute Gasteiger partial charge is 0.220 e. The van der Waals surface area contributed by atoms with Crippen LogP contribution in [0, 0.1) is 28.4 Å². The number of hydrogen-bond donors (Lipinski definition) is 0. The zero-order valence-corrected chi connectivity index (χ0v) is 22.6. The van der Waals surface area contributed by atoms with Gasteiger partial charge in [-0.15, -0.1) is 10.2 Å². The fourth-order valence-electron chi connectivity index (χ4n) is 3.94. The number of methoxy groups -OCH3 is 1. The maximum Gasteiger partial charge on any atom is 0.220 e. The van der Waals surface area contributed by atoms with Crippen LogP contribution < -0.4 is 14.2 Å². The molecule has 4 rings (SSSR count). The molecule has 0 bridgehead atoms. The van der Waals surface area contributed by atoms with Gasteiger partial charge in [-0.25, -0.2) is 0 Å². The average molecular weight is 546 g/mol. The number of rotatable bonds is 12. The molecule has 0 saturated heterocycles. The van der Waals surface area contributed by atoms with E-state index in [1.165, 1.54) is 11.8 Å². The minimum atomic E-state index is -0.576. The molecule has 39 heavy (non-hydrogen) atoms. The Bertz CT molecular complexity index is 1480. The summed E-state index contributed by atoms with van der Waals surface area (Å²) in [7, 11) is 1.60. The second kappa shape index (κ2) is 12.8. The van der Waals surface area contributed by atoms with Gasteiger partial charge >= 0.3 is 0 Å². The molecule has 0 aliphatic rings. The van der Waals surface area contributed by atoms with E-state index in [4.69, 9.17) is 14.2 Å². The van der Waals surface area contributed by atoms with E-state index < -0.39 is 5.25 Å². The molecule has 3 aromatic carbocycles. The number of ether oxygens (including phenoxy) is 3. The molecule has 0 saturated carbocycles. The molecule has 1 heterocycles. The molecule has 0 unspecified atom stereocenters. The molecule has 4 aromatic rings. The average Bonchev–Trinajstić information content (AvgIpc) is 3.31. The number of aromatic nitrogens is 3. The lowest BCUT2D eigenvalue weighted by Crippen LogP contribution is -2.12. The molecule has 1 aromatic heterocycles. The molecule has 0 aliphatic carbocycles. The van der Waals surface area contributed by atoms with Crippen molar-refractivity contribution in [2.24, 2.45) is 0 Å². The number of thioether (sulfide) groups is 1. The molecule has 1 atom stereocenters. The third-order valence-corrected chi connectivity index (χ3v) is 7.03. The standard InChI is InChI=1S/C28H27N5O5S/c1-4-37-26-15-20(9-14-25(26)38-18-22-8-6-5-7-21(22)16-29)27(17-32(34)35)39-28-31-30-19(2)33(28)23-10-12-24(36-3)13-11-23/h5-15,27H,4,17-18H2,1-3H3/t27-/m1/s1. The van der Waals surface area contributed by atoms with Gasteiger partial charge in [0.05, 0.1) is 25.3 Å². The first-order chi connectivity index (χ1) is 18.9. The van der Waals surface area contributed by atoms with Gasteiger partial charge in [-0.3, -0.25) is 14.7 Å². The van der Waals surface area contributed by atoms with E-state index >= 15 is 0 Å². The van der Waals surface area contributed by atoms with Gasteiger partial charge in [-0.05, 0) is 61.9 Å². The van der Waals surface area contributed by atoms with Gasteiger partial charge in [0.15, 0.2) is 16.7 Å². The van der Waals surface area contributed by atoms with Crippen molar-refractivity contribution in [1.82, 2.24) is 14.8 Å². The summed E-state index contributed by atoms with van der Waals surface area (Å²) in [6, 6.07) is 22.1. The molecule has 11 heteroatoms. The van der Waals surface area contributed by atoms with Crippen LogP contribution in [0.25, 0.3) is 5.69 Å². The molecule has 200 valence electrons. The van der Waals surface area contributed by atoms with E-state index in [2.05, 4.69) is 16.3 Å². The highest BCUT2D eigenvalue weighted by Crippen LogP contribution is 2.40. The summed E-state index contributed by atoms with van der Waals surface area (Å²) >= 11 is 1.25. The third-order valence-electron chi connectivity index (χ3n) is 5.85. The SMILES string of the molecule is CCOc1cc([C@@H](C[N+](=O)[O-])Sc2nnc(C)n2-c2ccc(OC)cc2)ccc1OCc1ccccc1C#N. The quantitative estimate of drug-likeness (QED) is 0.128. The normalized spacial score (nSPS) is 11.4. The van der Waals surface area contributed by atoms with Crippen molar-refractivity contribution in [2.45, 2.75) is 30.9 Å². The first kappa shape index (κ1) is 27.5. The van der Waals surface area contributed by atoms with Gasteiger partial charge in [0.1, 0.15) is 23.4 Å². The van der Waals surface area contributed by atoms with Gasteiger partial charge in [0.25, 0.3) is 0 Å². The number of nitro groups is 1. The van der Waals surface area contributed by atoms with Crippen LogP contribution in [-0.2, 0) is 6.61 Å². The molecular formula is C28H27N5O5S. The Balaban J connectivity index is 1.63. The summed E-state index contributed by atoms with van der Waals surface area (Å²) in [6.45, 7) is 3.91. The number of aryl methyl sites for hydroxylation is 1. The molecule has 10 nitrogen and oxygen atoms in total. The van der Waals surface area contributed by atoms with Crippen molar-refractivity contribution < 1.29 is 19.1 Å². The minimum Gasteiger partial charge on any atom is -0.497 e. The van der Waals surface area contributed by atoms with Crippen LogP contribution in [0.5, 0.6) is 17.2 Å². The van der Waals surface area contributed by atoms with Crippen molar-refractivity contribution in [1.29, 1.82) is 5.26 Å². The van der Waals surface area contributed by atoms with Gasteiger partial charge in [0, 0.05) is 16.2 Å². The van der Waals surface area contributed by atoms with Crippen LogP contribution in [0.3, 0.4) is 0 Å². The maximum absolute atomic E-state index is 11.7. The molecule has 0 N–H and O–H groups in total. The monoisotopic (exact) mass is 545 g/mol. The fraction of sp³-hybridized carbons (Fsp3) is 0.250.